The Morgan fingerprint density at radius 2 is 1.76 bits per heavy atom. The highest BCUT2D eigenvalue weighted by molar-refractivity contribution is 7.72. The lowest BCUT2D eigenvalue weighted by molar-refractivity contribution is 0.0694. The lowest BCUT2D eigenvalue weighted by Crippen LogP contribution is -2.38. The number of aromatic nitrogens is 1. The van der Waals surface area contributed by atoms with Gasteiger partial charge in [0.15, 0.2) is 11.6 Å². The van der Waals surface area contributed by atoms with Gasteiger partial charge >= 0.3 is 32.3 Å². The van der Waals surface area contributed by atoms with Crippen molar-refractivity contribution in [1.82, 2.24) is 9.88 Å². The Labute approximate surface area is 234 Å². The number of halogens is 3. The first-order valence-corrected chi connectivity index (χ1v) is 15.6. The van der Waals surface area contributed by atoms with Crippen LogP contribution in [0.25, 0.3) is 10.9 Å². The number of amides is 1. The molecular weight excluding hydrogens is 613 g/mol. The van der Waals surface area contributed by atoms with Crippen LogP contribution in [0.1, 0.15) is 49.0 Å². The molecule has 14 nitrogen and oxygen atoms in total. The molecule has 2 aromatic rings. The van der Waals surface area contributed by atoms with Gasteiger partial charge in [-0.25, -0.2) is 22.8 Å². The van der Waals surface area contributed by atoms with Gasteiger partial charge < -0.3 is 44.2 Å². The molecule has 4 rings (SSSR count). The second kappa shape index (κ2) is 11.1. The molecule has 0 atom stereocenters. The predicted molar refractivity (Wildman–Crippen MR) is 140 cm³/mol. The third-order valence-corrected chi connectivity index (χ3v) is 11.0. The number of fused-ring (bicyclic) bond motifs is 1. The van der Waals surface area contributed by atoms with E-state index in [1.54, 1.807) is 0 Å². The first kappa shape index (κ1) is 31.7. The monoisotopic (exact) mass is 639 g/mol. The second-order valence-corrected chi connectivity index (χ2v) is 14.3. The molecule has 1 aliphatic carbocycles. The fraction of sp³-hybridized carbons (Fsp3) is 0.435. The summed E-state index contributed by atoms with van der Waals surface area (Å²) in [6.07, 6.45) is 0.965. The summed E-state index contributed by atoms with van der Waals surface area (Å²) in [6.45, 7) is -0.759. The summed E-state index contributed by atoms with van der Waals surface area (Å²) in [5.74, 6) is -5.56. The number of benzene rings is 1. The van der Waals surface area contributed by atoms with E-state index in [1.807, 2.05) is 5.32 Å². The van der Waals surface area contributed by atoms with Gasteiger partial charge in [-0.1, -0.05) is 0 Å². The third kappa shape index (κ3) is 5.85. The SMILES string of the molecule is CC(OC(=O)NC/C(F)=C1/CCCN(c2cc3c(c(F)c2F)c(=O)c(C(=O)O)cn3C2CC2)C1)(P(=O)(O)O)P(=O)(O)O. The number of rotatable bonds is 8. The molecular formula is C23H26F3N3O11P2. The van der Waals surface area contributed by atoms with Crippen LogP contribution in [0.3, 0.4) is 0 Å². The van der Waals surface area contributed by atoms with Gasteiger partial charge in [-0.2, -0.15) is 0 Å². The standard InChI is InChI=1S/C23H26F3N3O11P2/c1-23(41(34,35)36,42(37,38)39)40-22(33)27-8-14(24)11-3-2-6-28(9-11)16-7-15-17(19(26)18(16)25)20(30)13(21(31)32)10-29(15)12-4-5-12/h7,10,12H,2-6,8-9H2,1H3,(H,27,33)(H,31,32)(H2,34,35,36)(H2,37,38,39)/b14-11+. The Bertz CT molecular complexity index is 1640. The van der Waals surface area contributed by atoms with Gasteiger partial charge in [0.1, 0.15) is 11.4 Å². The number of alkyl carbamates (subject to hydrolysis) is 1. The van der Waals surface area contributed by atoms with Crippen molar-refractivity contribution in [2.75, 3.05) is 24.5 Å². The van der Waals surface area contributed by atoms with Crippen molar-refractivity contribution >= 4 is 43.8 Å². The fourth-order valence-electron chi connectivity index (χ4n) is 4.53. The molecule has 1 saturated carbocycles. The molecule has 42 heavy (non-hydrogen) atoms. The van der Waals surface area contributed by atoms with E-state index in [2.05, 4.69) is 4.74 Å². The number of carbonyl (C=O) groups excluding carboxylic acids is 1. The molecule has 2 aliphatic rings. The van der Waals surface area contributed by atoms with E-state index < -0.39 is 72.7 Å². The molecule has 19 heteroatoms. The maximum absolute atomic E-state index is 15.3. The Balaban J connectivity index is 1.60. The normalized spacial score (nSPS) is 17.8. The number of carboxylic acids is 1. The Hall–Kier alpha value is -3.20. The maximum atomic E-state index is 15.3. The summed E-state index contributed by atoms with van der Waals surface area (Å²) in [5, 5.41) is 6.93. The third-order valence-electron chi connectivity index (χ3n) is 7.12. The molecule has 2 fully saturated rings. The molecule has 1 aromatic carbocycles. The lowest BCUT2D eigenvalue weighted by Gasteiger charge is -2.32. The van der Waals surface area contributed by atoms with Gasteiger partial charge in [0.25, 0.3) is 0 Å². The zero-order valence-electron chi connectivity index (χ0n) is 21.8. The average Bonchev–Trinajstić information content (AvgIpc) is 3.73. The summed E-state index contributed by atoms with van der Waals surface area (Å²) < 4.78 is 74.4. The van der Waals surface area contributed by atoms with Crippen molar-refractivity contribution in [2.45, 2.75) is 43.7 Å². The molecule has 0 unspecified atom stereocenters. The Kier molecular flexibility index (Phi) is 8.41. The van der Waals surface area contributed by atoms with Crippen molar-refractivity contribution in [3.63, 3.8) is 0 Å². The van der Waals surface area contributed by atoms with E-state index in [0.29, 0.717) is 19.8 Å². The Morgan fingerprint density at radius 3 is 2.31 bits per heavy atom. The molecule has 2 heterocycles. The van der Waals surface area contributed by atoms with E-state index in [-0.39, 0.29) is 48.8 Å². The Morgan fingerprint density at radius 1 is 1.14 bits per heavy atom. The summed E-state index contributed by atoms with van der Waals surface area (Å²) in [6, 6.07) is 0.975. The van der Waals surface area contributed by atoms with Crippen LogP contribution in [0.2, 0.25) is 0 Å². The number of carbonyl (C=O) groups is 2. The highest BCUT2D eigenvalue weighted by Gasteiger charge is 2.60. The van der Waals surface area contributed by atoms with Crippen molar-refractivity contribution in [3.8, 4) is 0 Å². The van der Waals surface area contributed by atoms with Crippen LogP contribution < -0.4 is 15.6 Å². The zero-order valence-corrected chi connectivity index (χ0v) is 23.6. The van der Waals surface area contributed by atoms with Crippen molar-refractivity contribution in [3.05, 3.63) is 51.1 Å². The number of aromatic carboxylic acids is 1. The maximum Gasteiger partial charge on any atom is 0.409 e. The summed E-state index contributed by atoms with van der Waals surface area (Å²) in [4.78, 5) is 74.7. The highest BCUT2D eigenvalue weighted by atomic mass is 31.2. The van der Waals surface area contributed by atoms with Crippen LogP contribution >= 0.6 is 15.2 Å². The number of nitrogens with zero attached hydrogens (tertiary/aromatic N) is 2. The molecule has 1 aromatic heterocycles. The van der Waals surface area contributed by atoms with Gasteiger partial charge in [0.2, 0.25) is 5.43 Å². The molecule has 6 N–H and O–H groups in total. The van der Waals surface area contributed by atoms with Crippen LogP contribution in [-0.4, -0.2) is 66.0 Å². The van der Waals surface area contributed by atoms with E-state index in [9.17, 15) is 48.2 Å². The lowest BCUT2D eigenvalue weighted by atomic mass is 10.0. The summed E-state index contributed by atoms with van der Waals surface area (Å²) >= 11 is 0. The van der Waals surface area contributed by atoms with Crippen molar-refractivity contribution in [2.24, 2.45) is 0 Å². The molecule has 0 radical (unpaired) electrons. The molecule has 1 amide bonds. The molecule has 1 aliphatic heterocycles. The van der Waals surface area contributed by atoms with Crippen LogP contribution in [0.4, 0.5) is 23.7 Å². The number of hydrogen-bond acceptors (Lipinski definition) is 7. The zero-order chi connectivity index (χ0) is 31.4. The topological polar surface area (TPSA) is 216 Å². The van der Waals surface area contributed by atoms with Crippen LogP contribution in [0.5, 0.6) is 0 Å². The molecule has 0 spiro atoms. The summed E-state index contributed by atoms with van der Waals surface area (Å²) in [7, 11) is -11.4. The number of hydrogen-bond donors (Lipinski definition) is 6. The van der Waals surface area contributed by atoms with Crippen LogP contribution in [-0.2, 0) is 13.9 Å². The van der Waals surface area contributed by atoms with Gasteiger partial charge in [0.05, 0.1) is 23.1 Å². The van der Waals surface area contributed by atoms with Crippen molar-refractivity contribution < 1.29 is 61.3 Å². The van der Waals surface area contributed by atoms with E-state index in [0.717, 1.165) is 6.20 Å². The molecule has 1 saturated heterocycles. The minimum absolute atomic E-state index is 0.0231. The predicted octanol–water partition coefficient (Wildman–Crippen LogP) is 2.89. The second-order valence-electron chi connectivity index (χ2n) is 10.0. The van der Waals surface area contributed by atoms with E-state index in [1.165, 1.54) is 15.5 Å². The first-order chi connectivity index (χ1) is 19.4. The van der Waals surface area contributed by atoms with Gasteiger partial charge in [-0.15, -0.1) is 0 Å². The first-order valence-electron chi connectivity index (χ1n) is 12.4. The molecule has 0 bridgehead atoms. The minimum Gasteiger partial charge on any atom is -0.477 e. The summed E-state index contributed by atoms with van der Waals surface area (Å²) in [5.41, 5.74) is -2.21. The number of anilines is 1. The quantitative estimate of drug-likeness (QED) is 0.230. The average molecular weight is 639 g/mol. The number of ether oxygens (including phenoxy) is 1. The highest BCUT2D eigenvalue weighted by Crippen LogP contribution is 2.69. The number of pyridine rings is 1. The van der Waals surface area contributed by atoms with Crippen LogP contribution in [0.15, 0.2) is 28.5 Å². The van der Waals surface area contributed by atoms with Crippen LogP contribution in [0, 0.1) is 11.6 Å². The largest absolute Gasteiger partial charge is 0.477 e. The van der Waals surface area contributed by atoms with E-state index >= 15 is 13.2 Å². The van der Waals surface area contributed by atoms with Crippen molar-refractivity contribution in [1.29, 1.82) is 0 Å². The number of nitrogens with one attached hydrogen (secondary N) is 1. The van der Waals surface area contributed by atoms with Gasteiger partial charge in [0, 0.05) is 25.3 Å². The smallest absolute Gasteiger partial charge is 0.409 e. The fourth-order valence-corrected chi connectivity index (χ4v) is 6.29. The van der Waals surface area contributed by atoms with E-state index in [4.69, 9.17) is 0 Å². The number of piperidine rings is 1. The van der Waals surface area contributed by atoms with Gasteiger partial charge in [-0.3, -0.25) is 13.9 Å². The minimum atomic E-state index is -5.70. The number of carboxylic acid groups (broad SMARTS) is 1. The van der Waals surface area contributed by atoms with Gasteiger partial charge in [-0.05, 0) is 44.2 Å². The molecule has 230 valence electrons.